The van der Waals surface area contributed by atoms with Gasteiger partial charge in [0, 0.05) is 0 Å². The van der Waals surface area contributed by atoms with Crippen molar-refractivity contribution in [1.29, 1.82) is 0 Å². The van der Waals surface area contributed by atoms with Crippen molar-refractivity contribution in [2.24, 2.45) is 11.5 Å². The van der Waals surface area contributed by atoms with Crippen LogP contribution in [0.25, 0.3) is 0 Å². The molecule has 1 heterocycles. The zero-order valence-corrected chi connectivity index (χ0v) is 12.2. The maximum atomic E-state index is 11.1. The molecule has 2 amide bonds. The van der Waals surface area contributed by atoms with Crippen molar-refractivity contribution in [1.82, 2.24) is 4.98 Å². The molecule has 0 aliphatic heterocycles. The molecule has 1 unspecified atom stereocenters. The summed E-state index contributed by atoms with van der Waals surface area (Å²) in [6.07, 6.45) is -1.24. The van der Waals surface area contributed by atoms with Crippen molar-refractivity contribution in [3.05, 3.63) is 17.5 Å². The molecule has 0 bridgehead atoms. The highest BCUT2D eigenvalue weighted by Gasteiger charge is 2.20. The highest BCUT2D eigenvalue weighted by Crippen LogP contribution is 2.32. The van der Waals surface area contributed by atoms with Gasteiger partial charge in [0.2, 0.25) is 0 Å². The zero-order valence-electron chi connectivity index (χ0n) is 10.6. The molecule has 21 heavy (non-hydrogen) atoms. The molecule has 1 rings (SSSR count). The van der Waals surface area contributed by atoms with Crippen LogP contribution >= 0.6 is 0 Å². The van der Waals surface area contributed by atoms with Gasteiger partial charge in [-0.3, -0.25) is 9.54 Å². The summed E-state index contributed by atoms with van der Waals surface area (Å²) in [5, 5.41) is 0. The van der Waals surface area contributed by atoms with E-state index in [0.29, 0.717) is 0 Å². The first-order valence-corrected chi connectivity index (χ1v) is 7.51. The second kappa shape index (κ2) is 6.51. The highest BCUT2D eigenvalue weighted by molar-refractivity contribution is 8.27. The third-order valence-electron chi connectivity index (χ3n) is 2.03. The smallest absolute Gasteiger partial charge is 0.410 e. The number of pyridine rings is 1. The second-order valence-corrected chi connectivity index (χ2v) is 5.84. The molecule has 1 atom stereocenters. The molecule has 0 aliphatic carbocycles. The number of nitrogens with two attached hydrogens (primary N) is 2. The first-order valence-electron chi connectivity index (χ1n) is 5.15. The molecule has 0 aromatic carbocycles. The number of nitrogens with zero attached hydrogens (tertiary/aromatic N) is 1. The zero-order chi connectivity index (χ0) is 16.2. The molecule has 12 heteroatoms. The van der Waals surface area contributed by atoms with Crippen molar-refractivity contribution < 1.29 is 32.0 Å². The van der Waals surface area contributed by atoms with E-state index in [2.05, 4.69) is 25.1 Å². The molecule has 0 saturated heterocycles. The van der Waals surface area contributed by atoms with Gasteiger partial charge in [-0.1, -0.05) is 0 Å². The number of rotatable bonds is 5. The summed E-state index contributed by atoms with van der Waals surface area (Å²) >= 11 is 4.19. The maximum Gasteiger partial charge on any atom is 0.410 e. The lowest BCUT2D eigenvalue weighted by atomic mass is 10.2. The number of carbonyl (C=O) groups is 2. The van der Waals surface area contributed by atoms with Gasteiger partial charge in [0.05, 0.1) is 28.6 Å². The first kappa shape index (κ1) is 16.9. The Labute approximate surface area is 124 Å². The van der Waals surface area contributed by atoms with Crippen LogP contribution in [0.2, 0.25) is 0 Å². The van der Waals surface area contributed by atoms with Crippen molar-refractivity contribution >= 4 is 32.4 Å². The number of aryl methyl sites for hydroxylation is 1. The van der Waals surface area contributed by atoms with E-state index in [-0.39, 0.29) is 22.8 Å². The normalized spacial score (nSPS) is 13.0. The van der Waals surface area contributed by atoms with Crippen LogP contribution in [0.3, 0.4) is 0 Å². The highest BCUT2D eigenvalue weighted by atomic mass is 32.9. The number of hydrogen-bond acceptors (Lipinski definition) is 8. The number of aromatic nitrogens is 1. The van der Waals surface area contributed by atoms with Crippen LogP contribution in [0.1, 0.15) is 11.3 Å². The molecule has 0 saturated carbocycles. The van der Waals surface area contributed by atoms with E-state index < -0.39 is 27.8 Å². The number of amides is 2. The van der Waals surface area contributed by atoms with Crippen LogP contribution < -0.4 is 20.4 Å². The van der Waals surface area contributed by atoms with E-state index in [1.54, 1.807) is 0 Å². The third-order valence-corrected chi connectivity index (χ3v) is 2.63. The molecule has 0 radical (unpaired) electrons. The Morgan fingerprint density at radius 1 is 1.43 bits per heavy atom. The van der Waals surface area contributed by atoms with Crippen LogP contribution in [0.15, 0.2) is 6.20 Å². The van der Waals surface area contributed by atoms with E-state index in [9.17, 15) is 13.8 Å². The van der Waals surface area contributed by atoms with E-state index in [1.807, 2.05) is 0 Å². The molecule has 10 nitrogen and oxygen atoms in total. The van der Waals surface area contributed by atoms with E-state index in [4.69, 9.17) is 20.8 Å². The number of ether oxygens (including phenoxy) is 2. The van der Waals surface area contributed by atoms with Gasteiger partial charge in [0.25, 0.3) is 0 Å². The average Bonchev–Trinajstić information content (AvgIpc) is 2.30. The van der Waals surface area contributed by atoms with Gasteiger partial charge < -0.3 is 25.1 Å². The fraction of sp³-hybridized carbons (Fsp3) is 0.222. The second-order valence-electron chi connectivity index (χ2n) is 3.56. The van der Waals surface area contributed by atoms with Gasteiger partial charge in [-0.2, -0.15) is 4.21 Å². The summed E-state index contributed by atoms with van der Waals surface area (Å²) in [6.45, 7) is 0.946. The van der Waals surface area contributed by atoms with Crippen molar-refractivity contribution in [3.63, 3.8) is 0 Å². The minimum atomic E-state index is -4.05. The lowest BCUT2D eigenvalue weighted by molar-refractivity contribution is 0.148. The molecule has 1 aromatic rings. The van der Waals surface area contributed by atoms with E-state index in [1.165, 1.54) is 6.92 Å². The summed E-state index contributed by atoms with van der Waals surface area (Å²) in [4.78, 5) is 25.3. The fourth-order valence-electron chi connectivity index (χ4n) is 1.32. The van der Waals surface area contributed by atoms with Crippen LogP contribution in [0, 0.1) is 6.92 Å². The predicted molar refractivity (Wildman–Crippen MR) is 72.3 cm³/mol. The van der Waals surface area contributed by atoms with Crippen LogP contribution in [-0.4, -0.2) is 25.9 Å². The van der Waals surface area contributed by atoms with Gasteiger partial charge in [0.15, 0.2) is 11.5 Å². The summed E-state index contributed by atoms with van der Waals surface area (Å²) in [5.41, 5.74) is 9.85. The largest absolute Gasteiger partial charge is 0.445 e. The number of primary amides is 2. The van der Waals surface area contributed by atoms with Crippen molar-refractivity contribution in [2.45, 2.75) is 13.5 Å². The van der Waals surface area contributed by atoms with E-state index in [0.717, 1.165) is 6.20 Å². The average molecular weight is 337 g/mol. The summed E-state index contributed by atoms with van der Waals surface area (Å²) in [5.74, 6) is -0.513. The third kappa shape index (κ3) is 5.37. The Morgan fingerprint density at radius 3 is 2.52 bits per heavy atom. The first-order chi connectivity index (χ1) is 9.60. The van der Waals surface area contributed by atoms with Crippen LogP contribution in [0.5, 0.6) is 11.5 Å². The number of carbonyl (C=O) groups excluding carboxylic acids is 2. The molecule has 0 spiro atoms. The quantitative estimate of drug-likeness (QED) is 0.668. The molecular weight excluding hydrogens is 326 g/mol. The van der Waals surface area contributed by atoms with E-state index >= 15 is 0 Å². The molecule has 0 fully saturated rings. The SMILES string of the molecule is Cc1ncc(OS(=O)(O)=S)c(COC(N)=O)c1OC(N)=O. The van der Waals surface area contributed by atoms with Gasteiger partial charge in [0.1, 0.15) is 6.61 Å². The Morgan fingerprint density at radius 2 is 2.05 bits per heavy atom. The molecular formula is C9H11N3O7S2. The van der Waals surface area contributed by atoms with Crippen LogP contribution in [-0.2, 0) is 31.6 Å². The molecule has 5 N–H and O–H groups in total. The monoisotopic (exact) mass is 337 g/mol. The molecule has 0 aliphatic rings. The minimum Gasteiger partial charge on any atom is -0.445 e. The van der Waals surface area contributed by atoms with Gasteiger partial charge in [-0.15, -0.1) is 0 Å². The topological polar surface area (TPSA) is 164 Å². The predicted octanol–water partition coefficient (Wildman–Crippen LogP) is -0.0441. The standard InChI is InChI=1S/C9H11N3O7S2/c1-4-7(18-9(11)14)5(3-17-8(10)13)6(2-12-4)19-21(15,16)20/h2H,3H2,1H3,(H2,10,13)(H2,11,14)(H,15,16,20). The van der Waals surface area contributed by atoms with Crippen LogP contribution in [0.4, 0.5) is 9.59 Å². The Hall–Kier alpha value is -2.18. The fourth-order valence-corrected chi connectivity index (χ4v) is 1.91. The maximum absolute atomic E-state index is 11.1. The Balaban J connectivity index is 3.34. The molecule has 116 valence electrons. The summed E-state index contributed by atoms with van der Waals surface area (Å²) in [6, 6.07) is 0. The molecule has 1 aromatic heterocycles. The minimum absolute atomic E-state index is 0.0771. The van der Waals surface area contributed by atoms with Gasteiger partial charge in [-0.05, 0) is 6.92 Å². The summed E-state index contributed by atoms with van der Waals surface area (Å²) in [7, 11) is -4.05. The Kier molecular flexibility index (Phi) is 5.23. The summed E-state index contributed by atoms with van der Waals surface area (Å²) < 4.78 is 34.0. The Bertz CT molecular complexity index is 674. The van der Waals surface area contributed by atoms with Crippen molar-refractivity contribution in [3.8, 4) is 11.5 Å². The van der Waals surface area contributed by atoms with Gasteiger partial charge in [-0.25, -0.2) is 9.59 Å². The van der Waals surface area contributed by atoms with Gasteiger partial charge >= 0.3 is 21.2 Å². The number of hydrogen-bond donors (Lipinski definition) is 3. The lowest BCUT2D eigenvalue weighted by Crippen LogP contribution is -2.20. The van der Waals surface area contributed by atoms with Crippen molar-refractivity contribution in [2.75, 3.05) is 0 Å². The lowest BCUT2D eigenvalue weighted by Gasteiger charge is -2.14.